The molecule has 1 heterocycles. The Morgan fingerprint density at radius 2 is 1.73 bits per heavy atom. The number of rotatable bonds is 7. The first kappa shape index (κ1) is 22.3. The van der Waals surface area contributed by atoms with Crippen molar-refractivity contribution in [1.82, 2.24) is 4.90 Å². The van der Waals surface area contributed by atoms with Crippen LogP contribution in [0, 0.1) is 10.1 Å². The van der Waals surface area contributed by atoms with Crippen LogP contribution in [0.1, 0.15) is 11.7 Å². The van der Waals surface area contributed by atoms with Crippen molar-refractivity contribution < 1.29 is 23.9 Å². The minimum atomic E-state index is -0.900. The van der Waals surface area contributed by atoms with E-state index in [1.807, 2.05) is 30.3 Å². The van der Waals surface area contributed by atoms with Gasteiger partial charge in [0, 0.05) is 36.3 Å². The summed E-state index contributed by atoms with van der Waals surface area (Å²) in [4.78, 5) is 26.1. The monoisotopic (exact) mass is 448 g/mol. The van der Waals surface area contributed by atoms with Crippen molar-refractivity contribution in [3.8, 4) is 22.6 Å². The average molecular weight is 448 g/mol. The van der Waals surface area contributed by atoms with Crippen molar-refractivity contribution in [3.63, 3.8) is 0 Å². The Bertz CT molecular complexity index is 1110. The zero-order valence-electron chi connectivity index (χ0n) is 18.2. The molecule has 4 rings (SSSR count). The molecule has 0 aromatic heterocycles. The van der Waals surface area contributed by atoms with Crippen LogP contribution in [0.15, 0.2) is 72.8 Å². The summed E-state index contributed by atoms with van der Waals surface area (Å²) >= 11 is 0. The Morgan fingerprint density at radius 3 is 2.36 bits per heavy atom. The molecule has 0 aliphatic carbocycles. The first-order valence-corrected chi connectivity index (χ1v) is 10.6. The van der Waals surface area contributed by atoms with E-state index >= 15 is 0 Å². The van der Waals surface area contributed by atoms with Gasteiger partial charge < -0.3 is 19.1 Å². The molecule has 1 aliphatic rings. The molecule has 0 radical (unpaired) electrons. The zero-order valence-corrected chi connectivity index (χ0v) is 18.2. The lowest BCUT2D eigenvalue weighted by molar-refractivity contribution is -0.384. The standard InChI is InChI=1S/C25H24N2O6/c1-31-21-10-7-18(8-11-21)22-17-20(27(29)30)9-12-23(22)33-24(19-5-3-2-4-6-19)25(28)26-13-15-32-16-14-26/h2-12,17,24H,13-16H2,1H3/t24-/m1/s1. The first-order chi connectivity index (χ1) is 16.1. The Kier molecular flexibility index (Phi) is 6.85. The van der Waals surface area contributed by atoms with Crippen LogP contribution in [0.5, 0.6) is 11.5 Å². The quantitative estimate of drug-likeness (QED) is 0.396. The first-order valence-electron chi connectivity index (χ1n) is 10.6. The van der Waals surface area contributed by atoms with Crippen molar-refractivity contribution in [2.24, 2.45) is 0 Å². The molecule has 1 saturated heterocycles. The number of hydrogen-bond acceptors (Lipinski definition) is 6. The molecule has 1 fully saturated rings. The van der Waals surface area contributed by atoms with Crippen LogP contribution < -0.4 is 9.47 Å². The molecule has 8 heteroatoms. The molecule has 33 heavy (non-hydrogen) atoms. The maximum Gasteiger partial charge on any atom is 0.270 e. The van der Waals surface area contributed by atoms with Gasteiger partial charge >= 0.3 is 0 Å². The fraction of sp³-hybridized carbons (Fsp3) is 0.240. The largest absolute Gasteiger partial charge is 0.497 e. The third-order valence-corrected chi connectivity index (χ3v) is 5.47. The van der Waals surface area contributed by atoms with Gasteiger partial charge in [0.15, 0.2) is 0 Å². The molecule has 0 bridgehead atoms. The molecule has 170 valence electrons. The van der Waals surface area contributed by atoms with E-state index in [0.717, 1.165) is 0 Å². The summed E-state index contributed by atoms with van der Waals surface area (Å²) in [5.74, 6) is 0.862. The van der Waals surface area contributed by atoms with Gasteiger partial charge in [0.1, 0.15) is 11.5 Å². The minimum absolute atomic E-state index is 0.0658. The number of morpholine rings is 1. The third kappa shape index (κ3) is 5.12. The highest BCUT2D eigenvalue weighted by Crippen LogP contribution is 2.37. The molecule has 1 amide bonds. The van der Waals surface area contributed by atoms with Gasteiger partial charge in [0.2, 0.25) is 6.10 Å². The van der Waals surface area contributed by atoms with Crippen molar-refractivity contribution in [1.29, 1.82) is 0 Å². The lowest BCUT2D eigenvalue weighted by Crippen LogP contribution is -2.44. The minimum Gasteiger partial charge on any atom is -0.497 e. The number of ether oxygens (including phenoxy) is 3. The molecule has 1 aliphatic heterocycles. The molecule has 3 aromatic rings. The molecule has 0 unspecified atom stereocenters. The van der Waals surface area contributed by atoms with Gasteiger partial charge in [0.25, 0.3) is 11.6 Å². The van der Waals surface area contributed by atoms with Crippen molar-refractivity contribution in [3.05, 3.63) is 88.5 Å². The fourth-order valence-corrected chi connectivity index (χ4v) is 3.70. The van der Waals surface area contributed by atoms with E-state index in [1.165, 1.54) is 12.1 Å². The van der Waals surface area contributed by atoms with Crippen LogP contribution in [0.2, 0.25) is 0 Å². The Balaban J connectivity index is 1.74. The Morgan fingerprint density at radius 1 is 1.03 bits per heavy atom. The van der Waals surface area contributed by atoms with Crippen LogP contribution in [0.3, 0.4) is 0 Å². The summed E-state index contributed by atoms with van der Waals surface area (Å²) in [6, 6.07) is 20.7. The molecule has 0 N–H and O–H groups in total. The van der Waals surface area contributed by atoms with Crippen molar-refractivity contribution in [2.75, 3.05) is 33.4 Å². The van der Waals surface area contributed by atoms with Crippen LogP contribution in [0.25, 0.3) is 11.1 Å². The van der Waals surface area contributed by atoms with Gasteiger partial charge in [-0.15, -0.1) is 0 Å². The Labute approximate surface area is 191 Å². The maximum atomic E-state index is 13.4. The van der Waals surface area contributed by atoms with Crippen LogP contribution in [0.4, 0.5) is 5.69 Å². The molecule has 8 nitrogen and oxygen atoms in total. The van der Waals surface area contributed by atoms with E-state index in [0.29, 0.717) is 54.5 Å². The summed E-state index contributed by atoms with van der Waals surface area (Å²) in [5, 5.41) is 11.4. The van der Waals surface area contributed by atoms with Crippen LogP contribution >= 0.6 is 0 Å². The number of nitrogens with zero attached hydrogens (tertiary/aromatic N) is 2. The molecule has 1 atom stereocenters. The second-order valence-corrected chi connectivity index (χ2v) is 7.51. The predicted molar refractivity (Wildman–Crippen MR) is 122 cm³/mol. The van der Waals surface area contributed by atoms with Crippen LogP contribution in [-0.2, 0) is 9.53 Å². The molecular formula is C25H24N2O6. The molecule has 0 spiro atoms. The van der Waals surface area contributed by atoms with Gasteiger partial charge in [-0.2, -0.15) is 0 Å². The van der Waals surface area contributed by atoms with E-state index in [2.05, 4.69) is 0 Å². The summed E-state index contributed by atoms with van der Waals surface area (Å²) in [7, 11) is 1.57. The maximum absolute atomic E-state index is 13.4. The molecular weight excluding hydrogens is 424 g/mol. The van der Waals surface area contributed by atoms with E-state index in [1.54, 1.807) is 42.3 Å². The Hall–Kier alpha value is -3.91. The van der Waals surface area contributed by atoms with Crippen LogP contribution in [-0.4, -0.2) is 49.1 Å². The number of benzene rings is 3. The SMILES string of the molecule is COc1ccc(-c2cc([N+](=O)[O-])ccc2O[C@@H](C(=O)N2CCOCC2)c2ccccc2)cc1. The normalized spacial score (nSPS) is 14.4. The van der Waals surface area contributed by atoms with Crippen molar-refractivity contribution >= 4 is 11.6 Å². The highest BCUT2D eigenvalue weighted by Gasteiger charge is 2.30. The molecule has 3 aromatic carbocycles. The average Bonchev–Trinajstić information content (AvgIpc) is 2.88. The van der Waals surface area contributed by atoms with E-state index in [-0.39, 0.29) is 11.6 Å². The second kappa shape index (κ2) is 10.1. The summed E-state index contributed by atoms with van der Waals surface area (Å²) in [5.41, 5.74) is 1.86. The predicted octanol–water partition coefficient (Wildman–Crippen LogP) is 4.25. The van der Waals surface area contributed by atoms with Gasteiger partial charge in [-0.1, -0.05) is 42.5 Å². The highest BCUT2D eigenvalue weighted by atomic mass is 16.6. The summed E-state index contributed by atoms with van der Waals surface area (Å²) in [6.07, 6.45) is -0.900. The number of nitro groups is 1. The fourth-order valence-electron chi connectivity index (χ4n) is 3.70. The number of hydrogen-bond donors (Lipinski definition) is 0. The zero-order chi connectivity index (χ0) is 23.2. The second-order valence-electron chi connectivity index (χ2n) is 7.51. The van der Waals surface area contributed by atoms with Gasteiger partial charge in [-0.05, 0) is 23.8 Å². The van der Waals surface area contributed by atoms with Gasteiger partial charge in [-0.3, -0.25) is 14.9 Å². The van der Waals surface area contributed by atoms with E-state index in [9.17, 15) is 14.9 Å². The number of nitro benzene ring substituents is 1. The van der Waals surface area contributed by atoms with Gasteiger partial charge in [-0.25, -0.2) is 0 Å². The lowest BCUT2D eigenvalue weighted by Gasteiger charge is -2.31. The van der Waals surface area contributed by atoms with Crippen molar-refractivity contribution in [2.45, 2.75) is 6.10 Å². The highest BCUT2D eigenvalue weighted by molar-refractivity contribution is 5.83. The smallest absolute Gasteiger partial charge is 0.270 e. The van der Waals surface area contributed by atoms with E-state index < -0.39 is 11.0 Å². The topological polar surface area (TPSA) is 91.1 Å². The number of non-ortho nitro benzene ring substituents is 1. The number of amides is 1. The van der Waals surface area contributed by atoms with E-state index in [4.69, 9.17) is 14.2 Å². The molecule has 0 saturated carbocycles. The number of carbonyl (C=O) groups excluding carboxylic acids is 1. The summed E-state index contributed by atoms with van der Waals surface area (Å²) in [6.45, 7) is 1.91. The third-order valence-electron chi connectivity index (χ3n) is 5.47. The van der Waals surface area contributed by atoms with Gasteiger partial charge in [0.05, 0.1) is 25.2 Å². The number of methoxy groups -OCH3 is 1. The lowest BCUT2D eigenvalue weighted by atomic mass is 10.0. The summed E-state index contributed by atoms with van der Waals surface area (Å²) < 4.78 is 16.9. The number of carbonyl (C=O) groups is 1.